The molecule has 0 amide bonds. The first kappa shape index (κ1) is 12.2. The summed E-state index contributed by atoms with van der Waals surface area (Å²) in [5, 5.41) is 2.28. The van der Waals surface area contributed by atoms with Crippen LogP contribution in [0.25, 0.3) is 21.8 Å². The zero-order valence-corrected chi connectivity index (χ0v) is 10.7. The minimum Gasteiger partial charge on any atom is -0.262 e. The summed E-state index contributed by atoms with van der Waals surface area (Å²) in [6, 6.07) is 12.1. The molecule has 0 radical (unpaired) electrons. The summed E-state index contributed by atoms with van der Waals surface area (Å²) in [6.45, 7) is 0. The molecule has 0 atom stereocenters. The number of pyridine rings is 2. The SMILES string of the molecule is c1cnc2c(c1)ccc1ncccc12.c1cnccn1. The minimum absolute atomic E-state index is 0.999. The molecule has 4 aromatic rings. The molecule has 0 N–H and O–H groups in total. The molecule has 0 spiro atoms. The Morgan fingerprint density at radius 1 is 0.600 bits per heavy atom. The molecule has 0 bridgehead atoms. The summed E-state index contributed by atoms with van der Waals surface area (Å²) in [6.07, 6.45) is 10.2. The number of aromatic nitrogens is 4. The van der Waals surface area contributed by atoms with Gasteiger partial charge in [0.25, 0.3) is 0 Å². The molecule has 0 aliphatic heterocycles. The maximum atomic E-state index is 4.37. The Hall–Kier alpha value is -2.88. The number of nitrogens with zero attached hydrogens (tertiary/aromatic N) is 4. The van der Waals surface area contributed by atoms with Gasteiger partial charge in [-0.25, -0.2) is 0 Å². The Labute approximate surface area is 116 Å². The van der Waals surface area contributed by atoms with E-state index in [-0.39, 0.29) is 0 Å². The molecule has 4 nitrogen and oxygen atoms in total. The quantitative estimate of drug-likeness (QED) is 0.455. The molecule has 3 aromatic heterocycles. The Kier molecular flexibility index (Phi) is 3.55. The number of hydrogen-bond donors (Lipinski definition) is 0. The lowest BCUT2D eigenvalue weighted by Crippen LogP contribution is -1.82. The fourth-order valence-corrected chi connectivity index (χ4v) is 1.95. The highest BCUT2D eigenvalue weighted by Gasteiger charge is 1.99. The van der Waals surface area contributed by atoms with Crippen molar-refractivity contribution in [3.8, 4) is 0 Å². The summed E-state index contributed by atoms with van der Waals surface area (Å²) < 4.78 is 0. The lowest BCUT2D eigenvalue weighted by atomic mass is 10.1. The van der Waals surface area contributed by atoms with Crippen molar-refractivity contribution >= 4 is 21.8 Å². The highest BCUT2D eigenvalue weighted by Crippen LogP contribution is 2.20. The molecule has 0 saturated heterocycles. The molecule has 1 aromatic carbocycles. The first-order valence-electron chi connectivity index (χ1n) is 6.23. The average molecular weight is 260 g/mol. The predicted molar refractivity (Wildman–Crippen MR) is 79.1 cm³/mol. The van der Waals surface area contributed by atoms with E-state index in [4.69, 9.17) is 0 Å². The third-order valence-corrected chi connectivity index (χ3v) is 2.83. The van der Waals surface area contributed by atoms with Gasteiger partial charge < -0.3 is 0 Å². The van der Waals surface area contributed by atoms with Crippen LogP contribution in [0.2, 0.25) is 0 Å². The molecule has 20 heavy (non-hydrogen) atoms. The van der Waals surface area contributed by atoms with Crippen LogP contribution in [0.1, 0.15) is 0 Å². The smallest absolute Gasteiger partial charge is 0.0795 e. The van der Waals surface area contributed by atoms with Gasteiger partial charge in [0.1, 0.15) is 0 Å². The second kappa shape index (κ2) is 5.84. The van der Waals surface area contributed by atoms with Gasteiger partial charge >= 0.3 is 0 Å². The van der Waals surface area contributed by atoms with Crippen molar-refractivity contribution in [1.82, 2.24) is 19.9 Å². The van der Waals surface area contributed by atoms with E-state index in [1.807, 2.05) is 24.4 Å². The number of rotatable bonds is 0. The molecular weight excluding hydrogens is 248 g/mol. The van der Waals surface area contributed by atoms with E-state index < -0.39 is 0 Å². The summed E-state index contributed by atoms with van der Waals surface area (Å²) in [4.78, 5) is 16.1. The van der Waals surface area contributed by atoms with E-state index in [1.54, 1.807) is 31.0 Å². The predicted octanol–water partition coefficient (Wildman–Crippen LogP) is 3.26. The normalized spacial score (nSPS) is 10.0. The van der Waals surface area contributed by atoms with Crippen LogP contribution in [0.3, 0.4) is 0 Å². The van der Waals surface area contributed by atoms with E-state index in [0.717, 1.165) is 21.8 Å². The first-order chi connectivity index (χ1) is 9.95. The van der Waals surface area contributed by atoms with Crippen molar-refractivity contribution in [2.75, 3.05) is 0 Å². The van der Waals surface area contributed by atoms with Crippen LogP contribution < -0.4 is 0 Å². The topological polar surface area (TPSA) is 51.6 Å². The highest BCUT2D eigenvalue weighted by atomic mass is 14.7. The second-order valence-corrected chi connectivity index (χ2v) is 4.11. The summed E-state index contributed by atoms with van der Waals surface area (Å²) in [5.74, 6) is 0. The Bertz CT molecular complexity index is 734. The fourth-order valence-electron chi connectivity index (χ4n) is 1.95. The minimum atomic E-state index is 0.999. The molecule has 3 heterocycles. The van der Waals surface area contributed by atoms with Gasteiger partial charge in [0.2, 0.25) is 0 Å². The molecule has 0 fully saturated rings. The Balaban J connectivity index is 0.000000170. The van der Waals surface area contributed by atoms with E-state index in [0.29, 0.717) is 0 Å². The monoisotopic (exact) mass is 260 g/mol. The zero-order valence-electron chi connectivity index (χ0n) is 10.7. The van der Waals surface area contributed by atoms with Crippen LogP contribution in [-0.2, 0) is 0 Å². The maximum absolute atomic E-state index is 4.37. The van der Waals surface area contributed by atoms with Gasteiger partial charge in [-0.3, -0.25) is 19.9 Å². The van der Waals surface area contributed by atoms with Crippen LogP contribution in [0.15, 0.2) is 73.6 Å². The van der Waals surface area contributed by atoms with Crippen LogP contribution in [0, 0.1) is 0 Å². The van der Waals surface area contributed by atoms with Crippen molar-refractivity contribution in [3.63, 3.8) is 0 Å². The highest BCUT2D eigenvalue weighted by molar-refractivity contribution is 6.03. The van der Waals surface area contributed by atoms with Gasteiger partial charge in [0, 0.05) is 48.0 Å². The van der Waals surface area contributed by atoms with Crippen LogP contribution in [0.5, 0.6) is 0 Å². The summed E-state index contributed by atoms with van der Waals surface area (Å²) in [5.41, 5.74) is 2.02. The molecule has 4 rings (SSSR count). The molecule has 0 aliphatic carbocycles. The molecule has 4 heteroatoms. The average Bonchev–Trinajstić information content (AvgIpc) is 2.57. The Morgan fingerprint density at radius 3 is 2.05 bits per heavy atom. The van der Waals surface area contributed by atoms with Gasteiger partial charge in [-0.2, -0.15) is 0 Å². The maximum Gasteiger partial charge on any atom is 0.0795 e. The summed E-state index contributed by atoms with van der Waals surface area (Å²) in [7, 11) is 0. The van der Waals surface area contributed by atoms with Crippen molar-refractivity contribution in [2.45, 2.75) is 0 Å². The number of hydrogen-bond acceptors (Lipinski definition) is 4. The van der Waals surface area contributed by atoms with Crippen LogP contribution in [0.4, 0.5) is 0 Å². The van der Waals surface area contributed by atoms with Gasteiger partial charge in [-0.05, 0) is 24.3 Å². The lowest BCUT2D eigenvalue weighted by molar-refractivity contribution is 1.20. The third kappa shape index (κ3) is 2.59. The van der Waals surface area contributed by atoms with Crippen molar-refractivity contribution in [1.29, 1.82) is 0 Å². The molecular formula is C16H12N4. The van der Waals surface area contributed by atoms with E-state index in [2.05, 4.69) is 38.1 Å². The van der Waals surface area contributed by atoms with Crippen molar-refractivity contribution in [3.05, 3.63) is 73.6 Å². The molecule has 0 unspecified atom stereocenters. The van der Waals surface area contributed by atoms with Gasteiger partial charge in [-0.1, -0.05) is 12.1 Å². The van der Waals surface area contributed by atoms with E-state index in [9.17, 15) is 0 Å². The third-order valence-electron chi connectivity index (χ3n) is 2.83. The summed E-state index contributed by atoms with van der Waals surface area (Å²) >= 11 is 0. The van der Waals surface area contributed by atoms with Gasteiger partial charge in [0.05, 0.1) is 11.0 Å². The molecule has 0 saturated carbocycles. The van der Waals surface area contributed by atoms with E-state index in [1.165, 1.54) is 0 Å². The number of fused-ring (bicyclic) bond motifs is 3. The second-order valence-electron chi connectivity index (χ2n) is 4.11. The zero-order chi connectivity index (χ0) is 13.6. The molecule has 0 aliphatic rings. The first-order valence-corrected chi connectivity index (χ1v) is 6.23. The standard InChI is InChI=1S/C12H8N2.C4H4N2/c1-3-9-5-6-11-10(4-2-7-13-11)12(9)14-8-1;1-2-6-4-3-5-1/h1-8H;1-4H. The van der Waals surface area contributed by atoms with Crippen LogP contribution in [-0.4, -0.2) is 19.9 Å². The van der Waals surface area contributed by atoms with Crippen LogP contribution >= 0.6 is 0 Å². The van der Waals surface area contributed by atoms with Gasteiger partial charge in [-0.15, -0.1) is 0 Å². The van der Waals surface area contributed by atoms with Crippen molar-refractivity contribution in [2.24, 2.45) is 0 Å². The lowest BCUT2D eigenvalue weighted by Gasteiger charge is -2.00. The number of benzene rings is 1. The fraction of sp³-hybridized carbons (Fsp3) is 0. The largest absolute Gasteiger partial charge is 0.262 e. The van der Waals surface area contributed by atoms with E-state index >= 15 is 0 Å². The Morgan fingerprint density at radius 2 is 1.30 bits per heavy atom. The van der Waals surface area contributed by atoms with Gasteiger partial charge in [0.15, 0.2) is 0 Å². The van der Waals surface area contributed by atoms with Crippen molar-refractivity contribution < 1.29 is 0 Å². The molecule has 96 valence electrons.